The molecule has 15 heteroatoms. The average molecular weight is 1010 g/mol. The number of anilines is 1. The number of aromatic nitrogens is 1. The van der Waals surface area contributed by atoms with E-state index in [1.165, 1.54) is 20.8 Å². The summed E-state index contributed by atoms with van der Waals surface area (Å²) in [4.78, 5) is 47.2. The zero-order valence-corrected chi connectivity index (χ0v) is 43.6. The number of ether oxygens (including phenoxy) is 1. The van der Waals surface area contributed by atoms with Crippen molar-refractivity contribution in [3.05, 3.63) is 187 Å². The van der Waals surface area contributed by atoms with E-state index in [1.54, 1.807) is 7.11 Å². The number of allylic oxidation sites excluding steroid dienone is 2. The molecule has 11 nitrogen and oxygen atoms in total. The molecule has 0 bridgehead atoms. The highest BCUT2D eigenvalue weighted by Gasteiger charge is 2.47. The van der Waals surface area contributed by atoms with Crippen molar-refractivity contribution >= 4 is 76.9 Å². The third kappa shape index (κ3) is 10.9. The zero-order valence-electron chi connectivity index (χ0n) is 40.1. The van der Waals surface area contributed by atoms with Gasteiger partial charge in [-0.3, -0.25) is 23.9 Å². The topological polar surface area (TPSA) is 112 Å². The maximum atomic E-state index is 15.0. The van der Waals surface area contributed by atoms with E-state index < -0.39 is 25.7 Å². The van der Waals surface area contributed by atoms with Gasteiger partial charge in [-0.05, 0) is 110 Å². The fourth-order valence-corrected chi connectivity index (χ4v) is 14.2. The maximum Gasteiger partial charge on any atom is 0.521 e. The van der Waals surface area contributed by atoms with Crippen molar-refractivity contribution in [2.24, 2.45) is 0 Å². The van der Waals surface area contributed by atoms with E-state index in [-0.39, 0.29) is 18.6 Å². The average Bonchev–Trinajstić information content (AvgIpc) is 3.93. The molecule has 1 fully saturated rings. The number of thiocarbonyl (C=S) groups is 1. The molecule has 5 aromatic carbocycles. The maximum absolute atomic E-state index is 15.0. The van der Waals surface area contributed by atoms with E-state index in [0.717, 1.165) is 62.3 Å². The molecule has 70 heavy (non-hydrogen) atoms. The Morgan fingerprint density at radius 3 is 1.84 bits per heavy atom. The largest absolute Gasteiger partial charge is 0.521 e. The van der Waals surface area contributed by atoms with Crippen LogP contribution in [0.15, 0.2) is 150 Å². The first-order chi connectivity index (χ1) is 34.0. The molecule has 0 atom stereocenters. The van der Waals surface area contributed by atoms with Crippen molar-refractivity contribution in [1.82, 2.24) is 14.8 Å². The number of thiazole rings is 1. The number of fused-ring (bicyclic) bond motifs is 1. The minimum atomic E-state index is -3.27. The van der Waals surface area contributed by atoms with Crippen LogP contribution in [-0.4, -0.2) is 74.0 Å². The Bertz CT molecular complexity index is 2980. The lowest BCUT2D eigenvalue weighted by atomic mass is 9.70. The van der Waals surface area contributed by atoms with E-state index in [4.69, 9.17) is 30.2 Å². The molecule has 0 radical (unpaired) electrons. The summed E-state index contributed by atoms with van der Waals surface area (Å²) in [6, 6.07) is 46.4. The predicted molar refractivity (Wildman–Crippen MR) is 288 cm³/mol. The van der Waals surface area contributed by atoms with Crippen molar-refractivity contribution in [3.63, 3.8) is 0 Å². The lowest BCUT2D eigenvalue weighted by molar-refractivity contribution is -0.122. The molecule has 0 spiro atoms. The number of nitrogens with zero attached hydrogens (tertiary/aromatic N) is 3. The standard InChI is InChI=1S/C55H58N4O7S3Si/c1-6-57-52(62)50(69-54(57)67)53-59(37-49(60)56-38-70(64-7-2,65-8-3)66-9-4)51(61)47(68-53)31-32-48-55(34-39-19-13-10-14-20-39,35-40-21-15-11-16-22-40)45-33-43(42-25-28-44(63-5)29-26-42)27-30-46(45)58(48)36-41-23-17-12-18-24-41/h10-33H,6-9,34-38H2,1-5H3,(H,56,60). The Labute approximate surface area is 424 Å². The van der Waals surface area contributed by atoms with Crippen LogP contribution in [0.4, 0.5) is 5.69 Å². The monoisotopic (exact) mass is 1010 g/mol. The molecule has 1 N–H and O–H groups in total. The van der Waals surface area contributed by atoms with E-state index in [9.17, 15) is 14.4 Å². The summed E-state index contributed by atoms with van der Waals surface area (Å²) in [6.07, 6.45) is 5.28. The van der Waals surface area contributed by atoms with Gasteiger partial charge in [-0.2, -0.15) is 0 Å². The summed E-state index contributed by atoms with van der Waals surface area (Å²) in [5, 5.41) is 2.94. The number of thioether (sulfide) groups is 1. The molecule has 1 saturated heterocycles. The van der Waals surface area contributed by atoms with Crippen molar-refractivity contribution in [3.8, 4) is 16.9 Å². The smallest absolute Gasteiger partial charge is 0.497 e. The highest BCUT2D eigenvalue weighted by molar-refractivity contribution is 8.30. The molecule has 8 rings (SSSR count). The van der Waals surface area contributed by atoms with Gasteiger partial charge in [0, 0.05) is 49.7 Å². The molecule has 1 aromatic heterocycles. The molecular formula is C55H58N4O7S3Si. The molecule has 2 amide bonds. The van der Waals surface area contributed by atoms with Crippen LogP contribution in [0.3, 0.4) is 0 Å². The molecule has 2 aliphatic heterocycles. The minimum Gasteiger partial charge on any atom is -0.497 e. The second-order valence-electron chi connectivity index (χ2n) is 16.8. The SMILES string of the molecule is CCO[Si](CNC(=O)Cn1c(=C2SC(=S)N(CC)C2=O)sc(=CC=C2N(Cc3ccccc3)c3ccc(-c4ccc(OC)cc4)cc3C2(Cc2ccccc2)Cc2ccccc2)c1=O)(OCC)OCC. The normalized spacial score (nSPS) is 16.1. The highest BCUT2D eigenvalue weighted by Crippen LogP contribution is 2.53. The number of nitrogens with one attached hydrogen (secondary N) is 1. The number of benzene rings is 5. The molecule has 0 saturated carbocycles. The van der Waals surface area contributed by atoms with Crippen LogP contribution >= 0.6 is 35.3 Å². The first kappa shape index (κ1) is 50.5. The van der Waals surface area contributed by atoms with Crippen LogP contribution in [0.1, 0.15) is 49.9 Å². The fourth-order valence-electron chi connectivity index (χ4n) is 9.30. The van der Waals surface area contributed by atoms with Crippen LogP contribution in [0.5, 0.6) is 5.75 Å². The van der Waals surface area contributed by atoms with Gasteiger partial charge in [-0.25, -0.2) is 0 Å². The molecule has 3 heterocycles. The molecular weight excluding hydrogens is 953 g/mol. The van der Waals surface area contributed by atoms with Gasteiger partial charge in [0.2, 0.25) is 5.91 Å². The summed E-state index contributed by atoms with van der Waals surface area (Å²) >= 11 is 7.98. The number of rotatable bonds is 20. The number of hydrogen-bond acceptors (Lipinski definition) is 11. The number of methoxy groups -OCH3 is 1. The Hall–Kier alpha value is -5.91. The Kier molecular flexibility index (Phi) is 16.5. The van der Waals surface area contributed by atoms with Gasteiger partial charge < -0.3 is 28.2 Å². The summed E-state index contributed by atoms with van der Waals surface area (Å²) in [5.74, 6) is 0.0309. The number of hydrogen-bond donors (Lipinski definition) is 1. The lowest BCUT2D eigenvalue weighted by Gasteiger charge is -2.35. The van der Waals surface area contributed by atoms with Crippen LogP contribution in [0.25, 0.3) is 22.1 Å². The van der Waals surface area contributed by atoms with Crippen molar-refractivity contribution in [2.75, 3.05) is 44.5 Å². The van der Waals surface area contributed by atoms with Crippen LogP contribution in [-0.2, 0) is 54.2 Å². The molecule has 362 valence electrons. The van der Waals surface area contributed by atoms with Gasteiger partial charge in [-0.1, -0.05) is 133 Å². The number of carbonyl (C=O) groups is 2. The van der Waals surface area contributed by atoms with Crippen LogP contribution in [0.2, 0.25) is 0 Å². The Balaban J connectivity index is 1.35. The van der Waals surface area contributed by atoms with E-state index in [1.807, 2.05) is 64.1 Å². The minimum absolute atomic E-state index is 0.0154. The first-order valence-electron chi connectivity index (χ1n) is 23.6. The van der Waals surface area contributed by atoms with Crippen LogP contribution < -0.4 is 29.7 Å². The quantitative estimate of drug-likeness (QED) is 0.0592. The molecule has 0 unspecified atom stereocenters. The van der Waals surface area contributed by atoms with Gasteiger partial charge in [0.15, 0.2) is 0 Å². The third-order valence-electron chi connectivity index (χ3n) is 12.4. The van der Waals surface area contributed by atoms with E-state index >= 15 is 0 Å². The second-order valence-corrected chi connectivity index (χ2v) is 22.1. The molecule has 0 aliphatic carbocycles. The van der Waals surface area contributed by atoms with Gasteiger partial charge >= 0.3 is 8.80 Å². The lowest BCUT2D eigenvalue weighted by Crippen LogP contribution is -2.56. The molecule has 6 aromatic rings. The van der Waals surface area contributed by atoms with Crippen LogP contribution in [0, 0.1) is 0 Å². The van der Waals surface area contributed by atoms with Gasteiger partial charge in [0.1, 0.15) is 26.2 Å². The van der Waals surface area contributed by atoms with Gasteiger partial charge in [-0.15, -0.1) is 11.3 Å². The summed E-state index contributed by atoms with van der Waals surface area (Å²) in [5.41, 5.74) is 7.75. The van der Waals surface area contributed by atoms with Crippen molar-refractivity contribution < 1.29 is 27.6 Å². The third-order valence-corrected chi connectivity index (χ3v) is 18.0. The number of amides is 2. The van der Waals surface area contributed by atoms with Gasteiger partial charge in [0.25, 0.3) is 11.5 Å². The Morgan fingerprint density at radius 2 is 1.30 bits per heavy atom. The predicted octanol–water partition coefficient (Wildman–Crippen LogP) is 8.39. The van der Waals surface area contributed by atoms with Gasteiger partial charge in [0.05, 0.1) is 17.8 Å². The second kappa shape index (κ2) is 22.9. The van der Waals surface area contributed by atoms with E-state index in [2.05, 4.69) is 119 Å². The first-order valence-corrected chi connectivity index (χ1v) is 27.6. The fraction of sp³-hybridized carbons (Fsp3) is 0.273. The Morgan fingerprint density at radius 1 is 0.729 bits per heavy atom. The highest BCUT2D eigenvalue weighted by atomic mass is 32.2. The summed E-state index contributed by atoms with van der Waals surface area (Å²) in [7, 11) is -1.60. The number of carbonyl (C=O) groups excluding carboxylic acids is 2. The van der Waals surface area contributed by atoms with Crippen molar-refractivity contribution in [2.45, 2.75) is 59.0 Å². The zero-order chi connectivity index (χ0) is 49.3. The summed E-state index contributed by atoms with van der Waals surface area (Å²) in [6.45, 7) is 9.00. The summed E-state index contributed by atoms with van der Waals surface area (Å²) < 4.78 is 26.0. The molecule has 2 aliphatic rings. The van der Waals surface area contributed by atoms with Crippen molar-refractivity contribution in [1.29, 1.82) is 0 Å². The van der Waals surface area contributed by atoms with E-state index in [0.29, 0.717) is 64.2 Å².